The quantitative estimate of drug-likeness (QED) is 0.498. The maximum atomic E-state index is 11.8. The first-order chi connectivity index (χ1) is 13.5. The van der Waals surface area contributed by atoms with E-state index in [-0.39, 0.29) is 12.1 Å². The van der Waals surface area contributed by atoms with Gasteiger partial charge >= 0.3 is 12.1 Å². The molecule has 0 aliphatic heterocycles. The third-order valence-electron chi connectivity index (χ3n) is 5.29. The van der Waals surface area contributed by atoms with E-state index in [1.165, 1.54) is 38.5 Å². The van der Waals surface area contributed by atoms with Crippen molar-refractivity contribution < 1.29 is 9.59 Å². The van der Waals surface area contributed by atoms with Gasteiger partial charge in [-0.2, -0.15) is 0 Å². The molecule has 0 aromatic carbocycles. The predicted octanol–water partition coefficient (Wildman–Crippen LogP) is 3.21. The van der Waals surface area contributed by atoms with Crippen LogP contribution in [0, 0.1) is 0 Å². The Balaban J connectivity index is 0.000000295. The van der Waals surface area contributed by atoms with Crippen molar-refractivity contribution in [1.82, 2.24) is 26.2 Å². The molecule has 0 radical (unpaired) electrons. The summed E-state index contributed by atoms with van der Waals surface area (Å²) >= 11 is 0. The van der Waals surface area contributed by atoms with Crippen molar-refractivity contribution >= 4 is 12.1 Å². The zero-order valence-electron chi connectivity index (χ0n) is 18.3. The number of carbonyl (C=O) groups excluding carboxylic acids is 2. The normalized spacial score (nSPS) is 18.0. The fourth-order valence-corrected chi connectivity index (χ4v) is 3.73. The van der Waals surface area contributed by atoms with E-state index in [0.717, 1.165) is 45.2 Å². The average Bonchev–Trinajstić information content (AvgIpc) is 2.67. The number of urea groups is 2. The van der Waals surface area contributed by atoms with Crippen LogP contribution in [0.4, 0.5) is 9.59 Å². The Morgan fingerprint density at radius 2 is 1.29 bits per heavy atom. The Kier molecular flexibility index (Phi) is 13.5. The number of amides is 4. The lowest BCUT2D eigenvalue weighted by molar-refractivity contribution is 0.224. The third kappa shape index (κ3) is 12.8. The minimum atomic E-state index is -0.0729. The van der Waals surface area contributed by atoms with Crippen molar-refractivity contribution in [2.75, 3.05) is 33.7 Å². The highest BCUT2D eigenvalue weighted by Crippen LogP contribution is 2.19. The number of hydrogen-bond acceptors (Lipinski definition) is 3. The molecule has 0 atom stereocenters. The number of hydrogen-bond donors (Lipinski definition) is 4. The zero-order valence-corrected chi connectivity index (χ0v) is 18.3. The van der Waals surface area contributed by atoms with Gasteiger partial charge in [-0.25, -0.2) is 9.59 Å². The van der Waals surface area contributed by atoms with Gasteiger partial charge in [0.2, 0.25) is 0 Å². The van der Waals surface area contributed by atoms with Crippen LogP contribution in [0.15, 0.2) is 0 Å². The molecule has 2 rings (SSSR count). The van der Waals surface area contributed by atoms with Gasteiger partial charge in [-0.3, -0.25) is 0 Å². The molecular formula is C21H43N5O2. The fourth-order valence-electron chi connectivity index (χ4n) is 3.73. The lowest BCUT2D eigenvalue weighted by Gasteiger charge is -2.26. The maximum Gasteiger partial charge on any atom is 0.315 e. The molecule has 2 saturated carbocycles. The van der Waals surface area contributed by atoms with Crippen LogP contribution in [0.5, 0.6) is 0 Å². The second-order valence-electron chi connectivity index (χ2n) is 8.23. The summed E-state index contributed by atoms with van der Waals surface area (Å²) in [5.41, 5.74) is 0. The molecule has 2 aliphatic carbocycles. The van der Waals surface area contributed by atoms with Crippen LogP contribution >= 0.6 is 0 Å². The van der Waals surface area contributed by atoms with E-state index in [1.54, 1.807) is 0 Å². The Morgan fingerprint density at radius 3 is 1.71 bits per heavy atom. The monoisotopic (exact) mass is 397 g/mol. The lowest BCUT2D eigenvalue weighted by Crippen LogP contribution is -2.47. The van der Waals surface area contributed by atoms with Crippen molar-refractivity contribution in [2.45, 2.75) is 89.6 Å². The third-order valence-corrected chi connectivity index (χ3v) is 5.29. The molecule has 7 nitrogen and oxygen atoms in total. The van der Waals surface area contributed by atoms with E-state index < -0.39 is 0 Å². The lowest BCUT2D eigenvalue weighted by atomic mass is 9.95. The SMILES string of the molecule is CCNC(=O)NCCCN(C)C.O=C(NC1CCCCC1)NC1CCCCC1. The molecule has 0 spiro atoms. The first-order valence-corrected chi connectivity index (χ1v) is 11.2. The molecule has 0 saturated heterocycles. The highest BCUT2D eigenvalue weighted by Gasteiger charge is 2.19. The van der Waals surface area contributed by atoms with Crippen LogP contribution in [-0.4, -0.2) is 62.8 Å². The van der Waals surface area contributed by atoms with Gasteiger partial charge in [0.05, 0.1) is 0 Å². The van der Waals surface area contributed by atoms with Crippen LogP contribution in [0.25, 0.3) is 0 Å². The molecule has 0 aromatic heterocycles. The molecular weight excluding hydrogens is 354 g/mol. The smallest absolute Gasteiger partial charge is 0.315 e. The summed E-state index contributed by atoms with van der Waals surface area (Å²) in [7, 11) is 4.04. The number of carbonyl (C=O) groups is 2. The average molecular weight is 398 g/mol. The van der Waals surface area contributed by atoms with Crippen molar-refractivity contribution in [1.29, 1.82) is 0 Å². The highest BCUT2D eigenvalue weighted by molar-refractivity contribution is 5.74. The molecule has 0 unspecified atom stereocenters. The van der Waals surface area contributed by atoms with Gasteiger partial charge in [-0.1, -0.05) is 38.5 Å². The minimum absolute atomic E-state index is 0.0683. The van der Waals surface area contributed by atoms with Crippen LogP contribution < -0.4 is 21.3 Å². The predicted molar refractivity (Wildman–Crippen MR) is 116 cm³/mol. The molecule has 164 valence electrons. The summed E-state index contributed by atoms with van der Waals surface area (Å²) in [5, 5.41) is 11.7. The maximum absolute atomic E-state index is 11.8. The first kappa shape index (κ1) is 24.5. The molecule has 0 heterocycles. The second kappa shape index (κ2) is 15.4. The van der Waals surface area contributed by atoms with Crippen LogP contribution in [0.1, 0.15) is 77.6 Å². The molecule has 7 heteroatoms. The number of nitrogens with one attached hydrogen (secondary N) is 4. The van der Waals surface area contributed by atoms with Crippen LogP contribution in [0.2, 0.25) is 0 Å². The molecule has 28 heavy (non-hydrogen) atoms. The van der Waals surface area contributed by atoms with Crippen LogP contribution in [0.3, 0.4) is 0 Å². The molecule has 0 aromatic rings. The summed E-state index contributed by atoms with van der Waals surface area (Å²) < 4.78 is 0. The van der Waals surface area contributed by atoms with Crippen molar-refractivity contribution in [3.63, 3.8) is 0 Å². The van der Waals surface area contributed by atoms with Gasteiger partial charge in [0.25, 0.3) is 0 Å². The Labute approximate surface area is 171 Å². The van der Waals surface area contributed by atoms with Gasteiger partial charge in [0.1, 0.15) is 0 Å². The van der Waals surface area contributed by atoms with E-state index in [0.29, 0.717) is 18.6 Å². The van der Waals surface area contributed by atoms with E-state index in [9.17, 15) is 9.59 Å². The van der Waals surface area contributed by atoms with E-state index in [4.69, 9.17) is 0 Å². The summed E-state index contributed by atoms with van der Waals surface area (Å²) in [6, 6.07) is 0.852. The minimum Gasteiger partial charge on any atom is -0.338 e. The fraction of sp³-hybridized carbons (Fsp3) is 0.905. The summed E-state index contributed by atoms with van der Waals surface area (Å²) in [6.45, 7) is 4.33. The van der Waals surface area contributed by atoms with Gasteiger partial charge < -0.3 is 26.2 Å². The van der Waals surface area contributed by atoms with Crippen molar-refractivity contribution in [3.05, 3.63) is 0 Å². The summed E-state index contributed by atoms with van der Waals surface area (Å²) in [5.74, 6) is 0. The van der Waals surface area contributed by atoms with E-state index in [2.05, 4.69) is 26.2 Å². The van der Waals surface area contributed by atoms with E-state index in [1.807, 2.05) is 21.0 Å². The highest BCUT2D eigenvalue weighted by atomic mass is 16.2. The molecule has 2 aliphatic rings. The largest absolute Gasteiger partial charge is 0.338 e. The van der Waals surface area contributed by atoms with Gasteiger partial charge in [-0.05, 0) is 59.7 Å². The number of rotatable bonds is 7. The molecule has 2 fully saturated rings. The second-order valence-corrected chi connectivity index (χ2v) is 8.23. The molecule has 0 bridgehead atoms. The standard InChI is InChI=1S/C13H24N2O.C8H19N3O/c16-13(14-11-7-3-1-4-8-11)15-12-9-5-2-6-10-12;1-4-9-8(12)10-6-5-7-11(2)3/h11-12H,1-10H2,(H2,14,15,16);4-7H2,1-3H3,(H2,9,10,12). The van der Waals surface area contributed by atoms with Gasteiger partial charge in [-0.15, -0.1) is 0 Å². The Bertz CT molecular complexity index is 397. The van der Waals surface area contributed by atoms with Gasteiger partial charge in [0, 0.05) is 25.2 Å². The van der Waals surface area contributed by atoms with Crippen LogP contribution in [-0.2, 0) is 0 Å². The molecule has 4 amide bonds. The zero-order chi connectivity index (χ0) is 20.6. The van der Waals surface area contributed by atoms with Crippen molar-refractivity contribution in [3.8, 4) is 0 Å². The first-order valence-electron chi connectivity index (χ1n) is 11.2. The van der Waals surface area contributed by atoms with Crippen molar-refractivity contribution in [2.24, 2.45) is 0 Å². The Hall–Kier alpha value is -1.50. The van der Waals surface area contributed by atoms with E-state index >= 15 is 0 Å². The Morgan fingerprint density at radius 1 is 0.786 bits per heavy atom. The summed E-state index contributed by atoms with van der Waals surface area (Å²) in [6.07, 6.45) is 13.4. The molecule has 4 N–H and O–H groups in total. The summed E-state index contributed by atoms with van der Waals surface area (Å²) in [4.78, 5) is 24.7. The van der Waals surface area contributed by atoms with Gasteiger partial charge in [0.15, 0.2) is 0 Å². The number of nitrogens with zero attached hydrogens (tertiary/aromatic N) is 1. The topological polar surface area (TPSA) is 85.5 Å².